The first-order valence-electron chi connectivity index (χ1n) is 5.42. The number of carbonyl (C=O) groups is 1. The van der Waals surface area contributed by atoms with Crippen LogP contribution in [-0.2, 0) is 4.79 Å². The van der Waals surface area contributed by atoms with Crippen molar-refractivity contribution in [3.8, 4) is 5.75 Å². The van der Waals surface area contributed by atoms with Crippen molar-refractivity contribution in [2.24, 2.45) is 5.41 Å². The lowest BCUT2D eigenvalue weighted by molar-refractivity contribution is -0.385. The van der Waals surface area contributed by atoms with Crippen LogP contribution in [0.1, 0.15) is 20.8 Å². The van der Waals surface area contributed by atoms with Crippen molar-refractivity contribution in [3.63, 3.8) is 0 Å². The summed E-state index contributed by atoms with van der Waals surface area (Å²) in [5, 5.41) is 10.8. The van der Waals surface area contributed by atoms with E-state index in [2.05, 4.69) is 15.9 Å². The van der Waals surface area contributed by atoms with E-state index in [9.17, 15) is 19.3 Å². The SMILES string of the molecule is CC(C)(C)C(=O)COc1cc(F)c(Br)cc1[N+](=O)[O-]. The largest absolute Gasteiger partial charge is 0.479 e. The fourth-order valence-corrected chi connectivity index (χ4v) is 1.47. The fourth-order valence-electron chi connectivity index (χ4n) is 1.14. The maximum absolute atomic E-state index is 13.3. The third kappa shape index (κ3) is 3.99. The maximum Gasteiger partial charge on any atom is 0.312 e. The summed E-state index contributed by atoms with van der Waals surface area (Å²) in [5.41, 5.74) is -1.02. The monoisotopic (exact) mass is 333 g/mol. The molecule has 0 aliphatic rings. The van der Waals surface area contributed by atoms with E-state index in [-0.39, 0.29) is 22.6 Å². The Kier molecular flexibility index (Phi) is 4.62. The molecule has 1 aromatic carbocycles. The van der Waals surface area contributed by atoms with E-state index in [0.717, 1.165) is 12.1 Å². The van der Waals surface area contributed by atoms with Gasteiger partial charge in [-0.3, -0.25) is 14.9 Å². The first-order chi connectivity index (χ1) is 8.62. The zero-order chi connectivity index (χ0) is 14.8. The van der Waals surface area contributed by atoms with Crippen molar-refractivity contribution >= 4 is 27.4 Å². The van der Waals surface area contributed by atoms with Gasteiger partial charge >= 0.3 is 5.69 Å². The van der Waals surface area contributed by atoms with Crippen LogP contribution in [0.4, 0.5) is 10.1 Å². The minimum atomic E-state index is -0.693. The molecule has 0 aliphatic carbocycles. The summed E-state index contributed by atoms with van der Waals surface area (Å²) in [6.07, 6.45) is 0. The van der Waals surface area contributed by atoms with Crippen molar-refractivity contribution in [3.05, 3.63) is 32.5 Å². The number of benzene rings is 1. The summed E-state index contributed by atoms with van der Waals surface area (Å²) in [7, 11) is 0. The number of hydrogen-bond acceptors (Lipinski definition) is 4. The summed E-state index contributed by atoms with van der Waals surface area (Å²) in [6.45, 7) is 4.77. The third-order valence-electron chi connectivity index (χ3n) is 2.39. The second-order valence-electron chi connectivity index (χ2n) is 4.95. The Bertz CT molecular complexity index is 525. The quantitative estimate of drug-likeness (QED) is 0.624. The fraction of sp³-hybridized carbons (Fsp3) is 0.417. The van der Waals surface area contributed by atoms with Crippen LogP contribution in [0.25, 0.3) is 0 Å². The first kappa shape index (κ1) is 15.6. The minimum absolute atomic E-state index is 0.0336. The molecule has 0 fully saturated rings. The molecule has 0 radical (unpaired) electrons. The van der Waals surface area contributed by atoms with E-state index in [1.54, 1.807) is 20.8 Å². The highest BCUT2D eigenvalue weighted by atomic mass is 79.9. The molecule has 1 rings (SSSR count). The van der Waals surface area contributed by atoms with Crippen molar-refractivity contribution in [2.45, 2.75) is 20.8 Å². The Hall–Kier alpha value is -1.50. The zero-order valence-electron chi connectivity index (χ0n) is 10.7. The van der Waals surface area contributed by atoms with Crippen LogP contribution in [0.15, 0.2) is 16.6 Å². The summed E-state index contributed by atoms with van der Waals surface area (Å²) in [4.78, 5) is 21.8. The molecular weight excluding hydrogens is 321 g/mol. The van der Waals surface area contributed by atoms with Crippen LogP contribution < -0.4 is 4.74 Å². The molecule has 0 aliphatic heterocycles. The van der Waals surface area contributed by atoms with E-state index < -0.39 is 21.8 Å². The highest BCUT2D eigenvalue weighted by Crippen LogP contribution is 2.32. The van der Waals surface area contributed by atoms with Gasteiger partial charge in [-0.2, -0.15) is 0 Å². The smallest absolute Gasteiger partial charge is 0.312 e. The lowest BCUT2D eigenvalue weighted by atomic mass is 9.91. The summed E-state index contributed by atoms with van der Waals surface area (Å²) >= 11 is 2.86. The van der Waals surface area contributed by atoms with Gasteiger partial charge in [-0.05, 0) is 15.9 Å². The van der Waals surface area contributed by atoms with Crippen LogP contribution >= 0.6 is 15.9 Å². The van der Waals surface area contributed by atoms with Gasteiger partial charge in [0.15, 0.2) is 5.78 Å². The number of hydrogen-bond donors (Lipinski definition) is 0. The van der Waals surface area contributed by atoms with Crippen LogP contribution in [0.2, 0.25) is 0 Å². The highest BCUT2D eigenvalue weighted by Gasteiger charge is 2.24. The van der Waals surface area contributed by atoms with Gasteiger partial charge in [0.05, 0.1) is 9.40 Å². The standard InChI is InChI=1S/C12H13BrFNO4/c1-12(2,3)11(16)6-19-10-5-8(14)7(13)4-9(10)15(17)18/h4-5H,6H2,1-3H3. The lowest BCUT2D eigenvalue weighted by Gasteiger charge is -2.16. The number of nitro groups is 1. The molecule has 0 amide bonds. The number of ketones is 1. The maximum atomic E-state index is 13.3. The van der Waals surface area contributed by atoms with Gasteiger partial charge in [0.2, 0.25) is 5.75 Å². The van der Waals surface area contributed by atoms with E-state index in [0.29, 0.717) is 0 Å². The Morgan fingerprint density at radius 2 is 2.05 bits per heavy atom. The van der Waals surface area contributed by atoms with Crippen LogP contribution in [0.5, 0.6) is 5.75 Å². The zero-order valence-corrected chi connectivity index (χ0v) is 12.3. The molecule has 0 unspecified atom stereocenters. The van der Waals surface area contributed by atoms with Gasteiger partial charge < -0.3 is 4.74 Å². The number of halogens is 2. The molecule has 1 aromatic rings. The van der Waals surface area contributed by atoms with Crippen LogP contribution in [0.3, 0.4) is 0 Å². The van der Waals surface area contributed by atoms with Crippen molar-refractivity contribution in [2.75, 3.05) is 6.61 Å². The van der Waals surface area contributed by atoms with Crippen molar-refractivity contribution in [1.82, 2.24) is 0 Å². The topological polar surface area (TPSA) is 69.4 Å². The van der Waals surface area contributed by atoms with E-state index in [1.807, 2.05) is 0 Å². The molecule has 0 heterocycles. The van der Waals surface area contributed by atoms with Crippen LogP contribution in [-0.4, -0.2) is 17.3 Å². The number of nitro benzene ring substituents is 1. The lowest BCUT2D eigenvalue weighted by Crippen LogP contribution is -2.26. The molecule has 104 valence electrons. The average molecular weight is 334 g/mol. The average Bonchev–Trinajstić information content (AvgIpc) is 2.28. The van der Waals surface area contributed by atoms with Crippen molar-refractivity contribution < 1.29 is 18.8 Å². The Labute approximate surface area is 118 Å². The molecule has 0 aromatic heterocycles. The van der Waals surface area contributed by atoms with Gasteiger partial charge in [-0.25, -0.2) is 4.39 Å². The van der Waals surface area contributed by atoms with Gasteiger partial charge in [0, 0.05) is 17.5 Å². The molecule has 0 bridgehead atoms. The molecule has 19 heavy (non-hydrogen) atoms. The molecule has 0 N–H and O–H groups in total. The molecule has 7 heteroatoms. The number of nitrogens with zero attached hydrogens (tertiary/aromatic N) is 1. The summed E-state index contributed by atoms with van der Waals surface area (Å²) < 4.78 is 18.4. The van der Waals surface area contributed by atoms with E-state index in [1.165, 1.54) is 0 Å². The van der Waals surface area contributed by atoms with Gasteiger partial charge in [-0.15, -0.1) is 0 Å². The third-order valence-corrected chi connectivity index (χ3v) is 3.00. The first-order valence-corrected chi connectivity index (χ1v) is 6.21. The van der Waals surface area contributed by atoms with E-state index in [4.69, 9.17) is 4.74 Å². The second kappa shape index (κ2) is 5.64. The summed E-state index contributed by atoms with van der Waals surface area (Å²) in [6, 6.07) is 1.89. The normalized spacial score (nSPS) is 11.2. The van der Waals surface area contributed by atoms with Crippen LogP contribution in [0, 0.1) is 21.3 Å². The minimum Gasteiger partial charge on any atom is -0.479 e. The van der Waals surface area contributed by atoms with Gasteiger partial charge in [0.25, 0.3) is 0 Å². The molecule has 0 saturated heterocycles. The second-order valence-corrected chi connectivity index (χ2v) is 5.81. The van der Waals surface area contributed by atoms with E-state index >= 15 is 0 Å². The predicted molar refractivity (Wildman–Crippen MR) is 70.7 cm³/mol. The van der Waals surface area contributed by atoms with Gasteiger partial charge in [-0.1, -0.05) is 20.8 Å². The molecule has 0 spiro atoms. The number of Topliss-reactive ketones (excluding diaryl/α,β-unsaturated/α-hetero) is 1. The Balaban J connectivity index is 2.98. The summed E-state index contributed by atoms with van der Waals surface area (Å²) in [5.74, 6) is -1.18. The number of carbonyl (C=O) groups excluding carboxylic acids is 1. The number of rotatable bonds is 4. The number of ether oxygens (including phenoxy) is 1. The molecule has 0 saturated carbocycles. The molecule has 5 nitrogen and oxygen atoms in total. The predicted octanol–water partition coefficient (Wildman–Crippen LogP) is 3.49. The Morgan fingerprint density at radius 1 is 1.47 bits per heavy atom. The Morgan fingerprint density at radius 3 is 2.53 bits per heavy atom. The van der Waals surface area contributed by atoms with Crippen molar-refractivity contribution in [1.29, 1.82) is 0 Å². The van der Waals surface area contributed by atoms with Gasteiger partial charge in [0.1, 0.15) is 12.4 Å². The highest BCUT2D eigenvalue weighted by molar-refractivity contribution is 9.10. The molecule has 0 atom stereocenters. The molecular formula is C12H13BrFNO4.